The van der Waals surface area contributed by atoms with Crippen molar-refractivity contribution in [2.75, 3.05) is 19.8 Å². The highest BCUT2D eigenvalue weighted by atomic mass is 16.5. The van der Waals surface area contributed by atoms with E-state index in [2.05, 4.69) is 25.6 Å². The first-order valence-corrected chi connectivity index (χ1v) is 16.9. The molecule has 246 valence electrons. The van der Waals surface area contributed by atoms with Crippen molar-refractivity contribution < 1.29 is 33.3 Å². The molecule has 45 heavy (non-hydrogen) atoms. The van der Waals surface area contributed by atoms with E-state index in [1.165, 1.54) is 44.1 Å². The molecule has 0 bridgehead atoms. The first-order chi connectivity index (χ1) is 21.9. The molecule has 2 aromatic rings. The number of unbranched alkanes of at least 4 members (excludes halogenated alkanes) is 5. The van der Waals surface area contributed by atoms with Gasteiger partial charge < -0.3 is 18.9 Å². The molecular formula is C38H52O7. The van der Waals surface area contributed by atoms with E-state index >= 15 is 0 Å². The van der Waals surface area contributed by atoms with Crippen LogP contribution in [0.2, 0.25) is 0 Å². The number of ether oxygens (including phenoxy) is 4. The number of benzene rings is 2. The van der Waals surface area contributed by atoms with Gasteiger partial charge in [0.2, 0.25) is 0 Å². The topological polar surface area (TPSA) is 88.1 Å². The van der Waals surface area contributed by atoms with Crippen LogP contribution in [-0.2, 0) is 19.1 Å². The number of hydrogen-bond donors (Lipinski definition) is 0. The van der Waals surface area contributed by atoms with Gasteiger partial charge in [0.1, 0.15) is 11.5 Å². The lowest BCUT2D eigenvalue weighted by Gasteiger charge is -2.28. The molecule has 0 spiro atoms. The smallest absolute Gasteiger partial charge is 0.343 e. The van der Waals surface area contributed by atoms with E-state index in [0.717, 1.165) is 50.9 Å². The molecule has 0 aliphatic heterocycles. The van der Waals surface area contributed by atoms with E-state index in [-0.39, 0.29) is 17.9 Å². The predicted octanol–water partition coefficient (Wildman–Crippen LogP) is 9.14. The standard InChI is InChI=1S/C38H52O7/c1-4-12-30-14-16-31(17-15-30)32-18-24-35(25-19-32)45-38(41)33-20-22-34(23-21-33)42-26-9-5-6-10-27-43-36(39)13-8-7-11-28-44-37(40)29(2)3/h18-25,30-31H,2,4-17,26-28H2,1,3H3. The normalized spacial score (nSPS) is 16.0. The Morgan fingerprint density at radius 2 is 1.33 bits per heavy atom. The van der Waals surface area contributed by atoms with Crippen molar-refractivity contribution in [2.24, 2.45) is 5.92 Å². The monoisotopic (exact) mass is 620 g/mol. The van der Waals surface area contributed by atoms with E-state index in [4.69, 9.17) is 18.9 Å². The molecule has 2 aromatic carbocycles. The minimum Gasteiger partial charge on any atom is -0.494 e. The van der Waals surface area contributed by atoms with Crippen LogP contribution in [0.3, 0.4) is 0 Å². The number of carbonyl (C=O) groups excluding carboxylic acids is 3. The Morgan fingerprint density at radius 3 is 1.98 bits per heavy atom. The van der Waals surface area contributed by atoms with Crippen LogP contribution in [0, 0.1) is 5.92 Å². The number of carbonyl (C=O) groups is 3. The minimum atomic E-state index is -0.378. The van der Waals surface area contributed by atoms with Crippen molar-refractivity contribution in [3.05, 3.63) is 71.8 Å². The molecule has 0 N–H and O–H groups in total. The average molecular weight is 621 g/mol. The van der Waals surface area contributed by atoms with Crippen LogP contribution in [0.5, 0.6) is 11.5 Å². The molecule has 1 saturated carbocycles. The molecule has 1 fully saturated rings. The third-order valence-electron chi connectivity index (χ3n) is 8.37. The van der Waals surface area contributed by atoms with E-state index in [9.17, 15) is 14.4 Å². The van der Waals surface area contributed by atoms with E-state index in [1.54, 1.807) is 31.2 Å². The zero-order valence-electron chi connectivity index (χ0n) is 27.4. The van der Waals surface area contributed by atoms with E-state index in [1.807, 2.05) is 12.1 Å². The zero-order chi connectivity index (χ0) is 32.3. The second-order valence-corrected chi connectivity index (χ2v) is 12.2. The molecule has 0 atom stereocenters. The Kier molecular flexibility index (Phi) is 16.3. The number of rotatable bonds is 20. The fourth-order valence-corrected chi connectivity index (χ4v) is 5.70. The Hall–Kier alpha value is -3.61. The summed E-state index contributed by atoms with van der Waals surface area (Å²) in [5.41, 5.74) is 2.22. The second-order valence-electron chi connectivity index (χ2n) is 12.2. The summed E-state index contributed by atoms with van der Waals surface area (Å²) in [4.78, 5) is 35.8. The SMILES string of the molecule is C=C(C)C(=O)OCCCCCC(=O)OCCCCCCOc1ccc(C(=O)Oc2ccc(C3CCC(CCC)CC3)cc2)cc1. The average Bonchev–Trinajstić information content (AvgIpc) is 3.05. The van der Waals surface area contributed by atoms with Gasteiger partial charge in [-0.1, -0.05) is 38.5 Å². The summed E-state index contributed by atoms with van der Waals surface area (Å²) in [6.45, 7) is 8.78. The maximum atomic E-state index is 12.7. The summed E-state index contributed by atoms with van der Waals surface area (Å²) in [6.07, 6.45) is 14.0. The fourth-order valence-electron chi connectivity index (χ4n) is 5.70. The Balaban J connectivity index is 1.20. The van der Waals surface area contributed by atoms with Gasteiger partial charge >= 0.3 is 17.9 Å². The molecule has 7 heteroatoms. The minimum absolute atomic E-state index is 0.183. The first-order valence-electron chi connectivity index (χ1n) is 16.9. The highest BCUT2D eigenvalue weighted by molar-refractivity contribution is 5.91. The Bertz CT molecular complexity index is 1180. The van der Waals surface area contributed by atoms with E-state index < -0.39 is 0 Å². The van der Waals surface area contributed by atoms with Crippen molar-refractivity contribution in [3.8, 4) is 11.5 Å². The summed E-state index contributed by atoms with van der Waals surface area (Å²) in [7, 11) is 0. The van der Waals surface area contributed by atoms with Crippen LogP contribution in [0.4, 0.5) is 0 Å². The van der Waals surface area contributed by atoms with Gasteiger partial charge in [-0.25, -0.2) is 9.59 Å². The third kappa shape index (κ3) is 13.9. The van der Waals surface area contributed by atoms with Gasteiger partial charge in [-0.15, -0.1) is 0 Å². The maximum Gasteiger partial charge on any atom is 0.343 e. The highest BCUT2D eigenvalue weighted by Gasteiger charge is 2.22. The Morgan fingerprint density at radius 1 is 0.733 bits per heavy atom. The summed E-state index contributed by atoms with van der Waals surface area (Å²) in [6, 6.07) is 15.1. The molecule has 0 saturated heterocycles. The van der Waals surface area contributed by atoms with Crippen LogP contribution in [0.15, 0.2) is 60.7 Å². The van der Waals surface area contributed by atoms with Crippen LogP contribution >= 0.6 is 0 Å². The molecule has 7 nitrogen and oxygen atoms in total. The van der Waals surface area contributed by atoms with Gasteiger partial charge in [-0.2, -0.15) is 0 Å². The van der Waals surface area contributed by atoms with Crippen molar-refractivity contribution in [3.63, 3.8) is 0 Å². The molecule has 0 heterocycles. The third-order valence-corrected chi connectivity index (χ3v) is 8.37. The molecule has 1 aliphatic carbocycles. The molecule has 0 radical (unpaired) electrons. The summed E-state index contributed by atoms with van der Waals surface area (Å²) in [5.74, 6) is 1.85. The molecule has 0 amide bonds. The van der Waals surface area contributed by atoms with Gasteiger partial charge in [0.25, 0.3) is 0 Å². The lowest BCUT2D eigenvalue weighted by Crippen LogP contribution is -2.13. The molecule has 0 aromatic heterocycles. The summed E-state index contributed by atoms with van der Waals surface area (Å²) >= 11 is 0. The lowest BCUT2D eigenvalue weighted by molar-refractivity contribution is -0.144. The predicted molar refractivity (Wildman–Crippen MR) is 177 cm³/mol. The number of esters is 3. The van der Waals surface area contributed by atoms with Crippen molar-refractivity contribution >= 4 is 17.9 Å². The summed E-state index contributed by atoms with van der Waals surface area (Å²) in [5, 5.41) is 0. The fraction of sp³-hybridized carbons (Fsp3) is 0.553. The van der Waals surface area contributed by atoms with Crippen LogP contribution in [-0.4, -0.2) is 37.7 Å². The van der Waals surface area contributed by atoms with Crippen molar-refractivity contribution in [1.82, 2.24) is 0 Å². The van der Waals surface area contributed by atoms with E-state index in [0.29, 0.717) is 54.8 Å². The van der Waals surface area contributed by atoms with Crippen LogP contribution < -0.4 is 9.47 Å². The highest BCUT2D eigenvalue weighted by Crippen LogP contribution is 2.37. The van der Waals surface area contributed by atoms with Gasteiger partial charge in [0.05, 0.1) is 25.4 Å². The number of hydrogen-bond acceptors (Lipinski definition) is 7. The second kappa shape index (κ2) is 20.4. The van der Waals surface area contributed by atoms with Crippen LogP contribution in [0.1, 0.15) is 126 Å². The molecule has 0 unspecified atom stereocenters. The maximum absolute atomic E-state index is 12.7. The van der Waals surface area contributed by atoms with Crippen LogP contribution in [0.25, 0.3) is 0 Å². The lowest BCUT2D eigenvalue weighted by atomic mass is 9.77. The molecule has 3 rings (SSSR count). The van der Waals surface area contributed by atoms with Gasteiger partial charge in [0, 0.05) is 12.0 Å². The van der Waals surface area contributed by atoms with Gasteiger partial charge in [0.15, 0.2) is 0 Å². The van der Waals surface area contributed by atoms with Gasteiger partial charge in [-0.05, 0) is 131 Å². The first kappa shape index (κ1) is 35.9. The zero-order valence-corrected chi connectivity index (χ0v) is 27.4. The van der Waals surface area contributed by atoms with Crippen molar-refractivity contribution in [2.45, 2.75) is 110 Å². The Labute approximate surface area is 269 Å². The molecule has 1 aliphatic rings. The van der Waals surface area contributed by atoms with Crippen molar-refractivity contribution in [1.29, 1.82) is 0 Å². The summed E-state index contributed by atoms with van der Waals surface area (Å²) < 4.78 is 21.8. The molecular weight excluding hydrogens is 568 g/mol. The van der Waals surface area contributed by atoms with Gasteiger partial charge in [-0.3, -0.25) is 4.79 Å². The quantitative estimate of drug-likeness (QED) is 0.0631. The largest absolute Gasteiger partial charge is 0.494 e.